The van der Waals surface area contributed by atoms with Crippen LogP contribution in [0.5, 0.6) is 5.88 Å². The largest absolute Gasteiger partial charge is 0.481 e. The molecule has 2 rings (SSSR count). The molecule has 1 aromatic carbocycles. The number of ether oxygens (including phenoxy) is 1. The second-order valence-corrected chi connectivity index (χ2v) is 5.57. The maximum Gasteiger partial charge on any atom is 0.213 e. The number of guanidine groups is 1. The summed E-state index contributed by atoms with van der Waals surface area (Å²) < 4.78 is 5.13. The average Bonchev–Trinajstić information content (AvgIpc) is 2.67. The fourth-order valence-electron chi connectivity index (χ4n) is 2.41. The topological polar surface area (TPSA) is 78.8 Å². The molecule has 0 fully saturated rings. The molecule has 0 spiro atoms. The quantitative estimate of drug-likeness (QED) is 0.314. The molecule has 3 N–H and O–H groups in total. The van der Waals surface area contributed by atoms with Crippen LogP contribution in [0.15, 0.2) is 53.7 Å². The van der Waals surface area contributed by atoms with Gasteiger partial charge in [0.05, 0.1) is 20.3 Å². The summed E-state index contributed by atoms with van der Waals surface area (Å²) >= 11 is 0. The van der Waals surface area contributed by atoms with Gasteiger partial charge in [-0.15, -0.1) is 24.0 Å². The number of nitrogens with zero attached hydrogens (tertiary/aromatic N) is 2. The normalized spacial score (nSPS) is 12.0. The molecule has 0 saturated carbocycles. The molecule has 0 saturated heterocycles. The van der Waals surface area contributed by atoms with Gasteiger partial charge in [-0.05, 0) is 24.1 Å². The van der Waals surface area contributed by atoms with Gasteiger partial charge in [-0.3, -0.25) is 0 Å². The standard InChI is InChI=1S/C19H26N4O2.HI/c1-3-20-19(22-12-15-9-10-21-18(11-15)25-2)23-13-17(14-24)16-7-5-4-6-8-16;/h4-11,17,24H,3,12-14H2,1-2H3,(H2,20,22,23);1H. The Morgan fingerprint density at radius 2 is 2.00 bits per heavy atom. The van der Waals surface area contributed by atoms with Crippen LogP contribution in [-0.4, -0.2) is 42.9 Å². The summed E-state index contributed by atoms with van der Waals surface area (Å²) in [4.78, 5) is 8.68. The highest BCUT2D eigenvalue weighted by molar-refractivity contribution is 14.0. The van der Waals surface area contributed by atoms with Crippen molar-refractivity contribution in [2.45, 2.75) is 19.4 Å². The summed E-state index contributed by atoms with van der Waals surface area (Å²) in [5.41, 5.74) is 2.12. The first kappa shape index (κ1) is 22.2. The Hall–Kier alpha value is -1.87. The van der Waals surface area contributed by atoms with Crippen LogP contribution in [0, 0.1) is 0 Å². The van der Waals surface area contributed by atoms with Crippen LogP contribution in [0.3, 0.4) is 0 Å². The van der Waals surface area contributed by atoms with Gasteiger partial charge in [0.2, 0.25) is 5.88 Å². The monoisotopic (exact) mass is 470 g/mol. The van der Waals surface area contributed by atoms with Crippen molar-refractivity contribution in [3.05, 3.63) is 59.8 Å². The number of hydrogen-bond donors (Lipinski definition) is 3. The van der Waals surface area contributed by atoms with E-state index in [2.05, 4.69) is 20.6 Å². The average molecular weight is 470 g/mol. The van der Waals surface area contributed by atoms with Crippen LogP contribution in [-0.2, 0) is 6.54 Å². The number of aliphatic hydroxyl groups excluding tert-OH is 1. The highest BCUT2D eigenvalue weighted by Crippen LogP contribution is 2.13. The lowest BCUT2D eigenvalue weighted by Gasteiger charge is -2.18. The first-order valence-electron chi connectivity index (χ1n) is 8.43. The van der Waals surface area contributed by atoms with Crippen LogP contribution in [0.2, 0.25) is 0 Å². The van der Waals surface area contributed by atoms with Gasteiger partial charge < -0.3 is 20.5 Å². The Morgan fingerprint density at radius 3 is 2.65 bits per heavy atom. The van der Waals surface area contributed by atoms with Crippen molar-refractivity contribution in [1.29, 1.82) is 0 Å². The van der Waals surface area contributed by atoms with Gasteiger partial charge in [0.1, 0.15) is 0 Å². The van der Waals surface area contributed by atoms with Gasteiger partial charge in [-0.2, -0.15) is 0 Å². The zero-order valence-electron chi connectivity index (χ0n) is 15.2. The number of benzene rings is 1. The van der Waals surface area contributed by atoms with Gasteiger partial charge >= 0.3 is 0 Å². The molecule has 6 nitrogen and oxygen atoms in total. The molecular formula is C19H27IN4O2. The molecule has 0 aliphatic heterocycles. The van der Waals surface area contributed by atoms with Crippen molar-refractivity contribution in [3.63, 3.8) is 0 Å². The number of halogens is 1. The Bertz CT molecular complexity index is 668. The Labute approximate surface area is 172 Å². The van der Waals surface area contributed by atoms with E-state index in [1.165, 1.54) is 0 Å². The number of methoxy groups -OCH3 is 1. The number of hydrogen-bond acceptors (Lipinski definition) is 4. The van der Waals surface area contributed by atoms with Crippen LogP contribution in [0.25, 0.3) is 0 Å². The van der Waals surface area contributed by atoms with Gasteiger partial charge in [0.15, 0.2) is 5.96 Å². The number of rotatable bonds is 8. The second-order valence-electron chi connectivity index (χ2n) is 5.57. The summed E-state index contributed by atoms with van der Waals surface area (Å²) in [6.45, 7) is 3.99. The van der Waals surface area contributed by atoms with Crippen molar-refractivity contribution in [2.24, 2.45) is 4.99 Å². The molecule has 1 atom stereocenters. The SMILES string of the molecule is CCNC(=NCc1ccnc(OC)c1)NCC(CO)c1ccccc1.I. The van der Waals surface area contributed by atoms with Crippen molar-refractivity contribution in [3.8, 4) is 5.88 Å². The van der Waals surface area contributed by atoms with Crippen LogP contribution >= 0.6 is 24.0 Å². The van der Waals surface area contributed by atoms with E-state index in [1.54, 1.807) is 13.3 Å². The maximum absolute atomic E-state index is 9.67. The first-order chi connectivity index (χ1) is 12.3. The summed E-state index contributed by atoms with van der Waals surface area (Å²) in [7, 11) is 1.60. The Balaban J connectivity index is 0.00000338. The minimum absolute atomic E-state index is 0. The highest BCUT2D eigenvalue weighted by atomic mass is 127. The molecule has 7 heteroatoms. The van der Waals surface area contributed by atoms with E-state index in [0.717, 1.165) is 17.7 Å². The number of aliphatic hydroxyl groups is 1. The molecule has 2 aromatic rings. The molecule has 1 unspecified atom stereocenters. The van der Waals surface area contributed by atoms with Crippen molar-refractivity contribution in [2.75, 3.05) is 26.8 Å². The fraction of sp³-hybridized carbons (Fsp3) is 0.368. The second kappa shape index (κ2) is 12.5. The molecule has 1 aromatic heterocycles. The predicted octanol–water partition coefficient (Wildman–Crippen LogP) is 2.54. The lowest BCUT2D eigenvalue weighted by Crippen LogP contribution is -2.39. The highest BCUT2D eigenvalue weighted by Gasteiger charge is 2.10. The minimum Gasteiger partial charge on any atom is -0.481 e. The molecule has 0 bridgehead atoms. The van der Waals surface area contributed by atoms with Gasteiger partial charge in [0, 0.05) is 31.3 Å². The number of pyridine rings is 1. The van der Waals surface area contributed by atoms with Crippen LogP contribution in [0.4, 0.5) is 0 Å². The summed E-state index contributed by atoms with van der Waals surface area (Å²) in [6, 6.07) is 13.8. The molecule has 0 aliphatic rings. The minimum atomic E-state index is 0. The molecule has 142 valence electrons. The summed E-state index contributed by atoms with van der Waals surface area (Å²) in [6.07, 6.45) is 1.71. The predicted molar refractivity (Wildman–Crippen MR) is 115 cm³/mol. The first-order valence-corrected chi connectivity index (χ1v) is 8.43. The third-order valence-electron chi connectivity index (χ3n) is 3.78. The third kappa shape index (κ3) is 7.17. The zero-order valence-corrected chi connectivity index (χ0v) is 17.5. The lowest BCUT2D eigenvalue weighted by molar-refractivity contribution is 0.265. The van der Waals surface area contributed by atoms with E-state index < -0.39 is 0 Å². The fourth-order valence-corrected chi connectivity index (χ4v) is 2.41. The van der Waals surface area contributed by atoms with Gasteiger partial charge in [-0.1, -0.05) is 30.3 Å². The number of aliphatic imine (C=N–C) groups is 1. The van der Waals surface area contributed by atoms with E-state index >= 15 is 0 Å². The Morgan fingerprint density at radius 1 is 1.23 bits per heavy atom. The van der Waals surface area contributed by atoms with E-state index in [-0.39, 0.29) is 36.5 Å². The maximum atomic E-state index is 9.67. The summed E-state index contributed by atoms with van der Waals surface area (Å²) in [5.74, 6) is 1.31. The zero-order chi connectivity index (χ0) is 17.9. The number of aromatic nitrogens is 1. The molecule has 0 radical (unpaired) electrons. The lowest BCUT2D eigenvalue weighted by atomic mass is 10.0. The molecule has 26 heavy (non-hydrogen) atoms. The third-order valence-corrected chi connectivity index (χ3v) is 3.78. The van der Waals surface area contributed by atoms with E-state index in [4.69, 9.17) is 4.74 Å². The van der Waals surface area contributed by atoms with Crippen molar-refractivity contribution < 1.29 is 9.84 Å². The van der Waals surface area contributed by atoms with E-state index in [9.17, 15) is 5.11 Å². The van der Waals surface area contributed by atoms with Crippen molar-refractivity contribution >= 4 is 29.9 Å². The Kier molecular flexibility index (Phi) is 10.6. The molecule has 1 heterocycles. The van der Waals surface area contributed by atoms with E-state index in [1.807, 2.05) is 49.4 Å². The van der Waals surface area contributed by atoms with E-state index in [0.29, 0.717) is 24.9 Å². The molecule has 0 aliphatic carbocycles. The van der Waals surface area contributed by atoms with Crippen LogP contribution < -0.4 is 15.4 Å². The molecule has 0 amide bonds. The smallest absolute Gasteiger partial charge is 0.213 e. The van der Waals surface area contributed by atoms with Crippen LogP contribution in [0.1, 0.15) is 24.0 Å². The summed E-state index contributed by atoms with van der Waals surface area (Å²) in [5, 5.41) is 16.2. The van der Waals surface area contributed by atoms with Gasteiger partial charge in [-0.25, -0.2) is 9.98 Å². The van der Waals surface area contributed by atoms with Crippen molar-refractivity contribution in [1.82, 2.24) is 15.6 Å². The number of nitrogens with one attached hydrogen (secondary N) is 2. The van der Waals surface area contributed by atoms with Gasteiger partial charge in [0.25, 0.3) is 0 Å². The molecular weight excluding hydrogens is 443 g/mol.